The fourth-order valence-corrected chi connectivity index (χ4v) is 1.89. The fourth-order valence-electron chi connectivity index (χ4n) is 1.89. The minimum absolute atomic E-state index is 0.111. The van der Waals surface area contributed by atoms with E-state index < -0.39 is 0 Å². The molecule has 112 valence electrons. The number of nitrogens with one attached hydrogen (secondary N) is 2. The highest BCUT2D eigenvalue weighted by Crippen LogP contribution is 2.13. The lowest BCUT2D eigenvalue weighted by molar-refractivity contribution is 0.610. The number of rotatable bonds is 5. The summed E-state index contributed by atoms with van der Waals surface area (Å²) in [4.78, 5) is 18.5. The van der Waals surface area contributed by atoms with Crippen molar-refractivity contribution in [1.82, 2.24) is 9.97 Å². The fraction of sp³-hybridized carbons (Fsp3) is 0.333. The van der Waals surface area contributed by atoms with Crippen LogP contribution in [0.1, 0.15) is 36.7 Å². The first kappa shape index (κ1) is 15.2. The molecule has 0 atom stereocenters. The van der Waals surface area contributed by atoms with Crippen LogP contribution >= 0.6 is 0 Å². The summed E-state index contributed by atoms with van der Waals surface area (Å²) in [5.74, 6) is 0.827. The second-order valence-electron chi connectivity index (χ2n) is 5.15. The number of nitrogens with zero attached hydrogens (tertiary/aromatic N) is 1. The first-order valence-corrected chi connectivity index (χ1v) is 6.82. The van der Waals surface area contributed by atoms with Gasteiger partial charge >= 0.3 is 0 Å². The zero-order valence-electron chi connectivity index (χ0n) is 12.1. The van der Waals surface area contributed by atoms with Gasteiger partial charge in [-0.1, -0.05) is 26.0 Å². The van der Waals surface area contributed by atoms with Crippen LogP contribution in [0.15, 0.2) is 29.1 Å². The van der Waals surface area contributed by atoms with Crippen molar-refractivity contribution in [1.29, 1.82) is 0 Å². The van der Waals surface area contributed by atoms with E-state index in [9.17, 15) is 9.18 Å². The molecular formula is C15H19FN4O. The van der Waals surface area contributed by atoms with Crippen LogP contribution in [0.3, 0.4) is 0 Å². The maximum Gasteiger partial charge on any atom is 0.252 e. The molecule has 4 N–H and O–H groups in total. The smallest absolute Gasteiger partial charge is 0.252 e. The third-order valence-corrected chi connectivity index (χ3v) is 3.12. The highest BCUT2D eigenvalue weighted by molar-refractivity contribution is 5.36. The molecule has 0 amide bonds. The largest absolute Gasteiger partial charge is 0.366 e. The second kappa shape index (κ2) is 6.49. The van der Waals surface area contributed by atoms with E-state index in [1.54, 1.807) is 12.1 Å². The lowest BCUT2D eigenvalue weighted by Crippen LogP contribution is -2.14. The lowest BCUT2D eigenvalue weighted by atomic mass is 10.1. The van der Waals surface area contributed by atoms with Gasteiger partial charge in [0.15, 0.2) is 0 Å². The van der Waals surface area contributed by atoms with Crippen molar-refractivity contribution in [2.75, 3.05) is 5.32 Å². The van der Waals surface area contributed by atoms with Crippen molar-refractivity contribution >= 4 is 5.82 Å². The van der Waals surface area contributed by atoms with E-state index in [0.29, 0.717) is 23.8 Å². The van der Waals surface area contributed by atoms with Crippen molar-refractivity contribution < 1.29 is 4.39 Å². The molecule has 0 unspecified atom stereocenters. The normalized spacial score (nSPS) is 10.9. The molecule has 1 aromatic carbocycles. The van der Waals surface area contributed by atoms with E-state index >= 15 is 0 Å². The van der Waals surface area contributed by atoms with Gasteiger partial charge in [-0.05, 0) is 11.6 Å². The summed E-state index contributed by atoms with van der Waals surface area (Å²) < 4.78 is 13.8. The monoisotopic (exact) mass is 290 g/mol. The summed E-state index contributed by atoms with van der Waals surface area (Å²) in [6.07, 6.45) is 0. The standard InChI is InChI=1S/C15H19FN4O/c1-9(2)15-19-13(6-14(21)20-15)18-8-11-4-3-10(7-17)5-12(11)16/h3-6,9H,7-8,17H2,1-2H3,(H2,18,19,20,21). The first-order valence-electron chi connectivity index (χ1n) is 6.82. The molecule has 6 heteroatoms. The van der Waals surface area contributed by atoms with Crippen molar-refractivity contribution in [3.05, 3.63) is 57.4 Å². The molecule has 0 aliphatic rings. The Morgan fingerprint density at radius 1 is 1.38 bits per heavy atom. The number of hydrogen-bond donors (Lipinski definition) is 3. The number of nitrogens with two attached hydrogens (primary N) is 1. The summed E-state index contributed by atoms with van der Waals surface area (Å²) in [6, 6.07) is 6.24. The maximum absolute atomic E-state index is 13.8. The Labute approximate surface area is 122 Å². The van der Waals surface area contributed by atoms with Crippen molar-refractivity contribution in [3.63, 3.8) is 0 Å². The van der Waals surface area contributed by atoms with Gasteiger partial charge in [0.25, 0.3) is 5.56 Å². The van der Waals surface area contributed by atoms with E-state index in [-0.39, 0.29) is 23.8 Å². The van der Waals surface area contributed by atoms with E-state index in [1.807, 2.05) is 13.8 Å². The Kier molecular flexibility index (Phi) is 4.70. The van der Waals surface area contributed by atoms with Gasteiger partial charge in [-0.25, -0.2) is 9.37 Å². The van der Waals surface area contributed by atoms with Gasteiger partial charge < -0.3 is 16.0 Å². The van der Waals surface area contributed by atoms with Crippen LogP contribution in [0, 0.1) is 5.82 Å². The summed E-state index contributed by atoms with van der Waals surface area (Å²) in [6.45, 7) is 4.43. The average Bonchev–Trinajstić information content (AvgIpc) is 2.45. The third kappa shape index (κ3) is 3.88. The minimum atomic E-state index is -0.320. The maximum atomic E-state index is 13.8. The Hall–Kier alpha value is -2.21. The molecule has 21 heavy (non-hydrogen) atoms. The Balaban J connectivity index is 2.15. The van der Waals surface area contributed by atoms with Gasteiger partial charge in [0.1, 0.15) is 17.5 Å². The van der Waals surface area contributed by atoms with Crippen LogP contribution in [-0.4, -0.2) is 9.97 Å². The van der Waals surface area contributed by atoms with Gasteiger partial charge in [0, 0.05) is 30.6 Å². The molecule has 0 aliphatic heterocycles. The average molecular weight is 290 g/mol. The number of anilines is 1. The Bertz CT molecular complexity index is 682. The van der Waals surface area contributed by atoms with Crippen LogP contribution in [0.2, 0.25) is 0 Å². The summed E-state index contributed by atoms with van der Waals surface area (Å²) in [5.41, 5.74) is 6.48. The number of aromatic amines is 1. The number of hydrogen-bond acceptors (Lipinski definition) is 4. The van der Waals surface area contributed by atoms with Crippen LogP contribution in [-0.2, 0) is 13.1 Å². The minimum Gasteiger partial charge on any atom is -0.366 e. The van der Waals surface area contributed by atoms with Crippen molar-refractivity contribution in [2.45, 2.75) is 32.9 Å². The number of aromatic nitrogens is 2. The zero-order chi connectivity index (χ0) is 15.4. The predicted molar refractivity (Wildman–Crippen MR) is 80.6 cm³/mol. The van der Waals surface area contributed by atoms with Gasteiger partial charge in [0.05, 0.1) is 0 Å². The van der Waals surface area contributed by atoms with Gasteiger partial charge in [-0.15, -0.1) is 0 Å². The number of benzene rings is 1. The highest BCUT2D eigenvalue weighted by atomic mass is 19.1. The third-order valence-electron chi connectivity index (χ3n) is 3.12. The van der Waals surface area contributed by atoms with E-state index in [2.05, 4.69) is 15.3 Å². The van der Waals surface area contributed by atoms with Crippen molar-refractivity contribution in [3.8, 4) is 0 Å². The van der Waals surface area contributed by atoms with Crippen LogP contribution in [0.4, 0.5) is 10.2 Å². The number of halogens is 1. The highest BCUT2D eigenvalue weighted by Gasteiger charge is 2.07. The molecule has 0 fully saturated rings. The zero-order valence-corrected chi connectivity index (χ0v) is 12.1. The predicted octanol–water partition coefficient (Wildman–Crippen LogP) is 2.10. The topological polar surface area (TPSA) is 83.8 Å². The molecule has 2 rings (SSSR count). The molecule has 0 spiro atoms. The van der Waals surface area contributed by atoms with E-state index in [1.165, 1.54) is 12.1 Å². The SMILES string of the molecule is CC(C)c1nc(NCc2ccc(CN)cc2F)cc(=O)[nH]1. The molecule has 5 nitrogen and oxygen atoms in total. The molecule has 0 bridgehead atoms. The molecule has 0 saturated heterocycles. The Morgan fingerprint density at radius 3 is 2.76 bits per heavy atom. The number of H-pyrrole nitrogens is 1. The molecule has 0 aliphatic carbocycles. The van der Waals surface area contributed by atoms with Crippen LogP contribution in [0.25, 0.3) is 0 Å². The molecule has 1 heterocycles. The summed E-state index contributed by atoms with van der Waals surface area (Å²) in [5, 5.41) is 2.97. The van der Waals surface area contributed by atoms with Crippen LogP contribution < -0.4 is 16.6 Å². The van der Waals surface area contributed by atoms with Crippen molar-refractivity contribution in [2.24, 2.45) is 5.73 Å². The molecule has 0 saturated carbocycles. The summed E-state index contributed by atoms with van der Waals surface area (Å²) in [7, 11) is 0. The quantitative estimate of drug-likeness (QED) is 0.787. The molecule has 1 aromatic heterocycles. The van der Waals surface area contributed by atoms with E-state index in [0.717, 1.165) is 5.56 Å². The molecular weight excluding hydrogens is 271 g/mol. The lowest BCUT2D eigenvalue weighted by Gasteiger charge is -2.10. The molecule has 2 aromatic rings. The van der Waals surface area contributed by atoms with Crippen LogP contribution in [0.5, 0.6) is 0 Å². The van der Waals surface area contributed by atoms with E-state index in [4.69, 9.17) is 5.73 Å². The Morgan fingerprint density at radius 2 is 2.14 bits per heavy atom. The second-order valence-corrected chi connectivity index (χ2v) is 5.15. The van der Waals surface area contributed by atoms with Gasteiger partial charge in [0.2, 0.25) is 0 Å². The molecule has 0 radical (unpaired) electrons. The first-order chi connectivity index (χ1) is 9.99. The summed E-state index contributed by atoms with van der Waals surface area (Å²) >= 11 is 0. The van der Waals surface area contributed by atoms with Gasteiger partial charge in [-0.3, -0.25) is 4.79 Å². The van der Waals surface area contributed by atoms with Gasteiger partial charge in [-0.2, -0.15) is 0 Å².